The van der Waals surface area contributed by atoms with E-state index in [-0.39, 0.29) is 18.4 Å². The van der Waals surface area contributed by atoms with Crippen molar-refractivity contribution in [2.45, 2.75) is 18.9 Å². The number of nitrogens with one attached hydrogen (secondary N) is 1. The number of hydrogen-bond donors (Lipinski definition) is 2. The summed E-state index contributed by atoms with van der Waals surface area (Å²) < 4.78 is 0. The first-order valence-electron chi connectivity index (χ1n) is 6.24. The van der Waals surface area contributed by atoms with Gasteiger partial charge < -0.3 is 11.1 Å². The lowest BCUT2D eigenvalue weighted by atomic mass is 10.1. The molecule has 1 heterocycles. The molecule has 3 N–H and O–H groups in total. The Morgan fingerprint density at radius 1 is 1.16 bits per heavy atom. The monoisotopic (exact) mass is 255 g/mol. The normalized spacial score (nSPS) is 11.8. The molecule has 2 rings (SSSR count). The molecule has 0 saturated heterocycles. The van der Waals surface area contributed by atoms with Gasteiger partial charge in [0.1, 0.15) is 0 Å². The van der Waals surface area contributed by atoms with E-state index in [0.717, 1.165) is 11.4 Å². The van der Waals surface area contributed by atoms with Crippen LogP contribution >= 0.6 is 0 Å². The van der Waals surface area contributed by atoms with Crippen LogP contribution < -0.4 is 11.1 Å². The largest absolute Gasteiger partial charge is 0.327 e. The van der Waals surface area contributed by atoms with Crippen molar-refractivity contribution in [1.29, 1.82) is 0 Å². The second kappa shape index (κ2) is 6.66. The van der Waals surface area contributed by atoms with Gasteiger partial charge in [0.25, 0.3) is 0 Å². The van der Waals surface area contributed by atoms with Crippen LogP contribution in [0.25, 0.3) is 0 Å². The van der Waals surface area contributed by atoms with Gasteiger partial charge in [0, 0.05) is 36.5 Å². The van der Waals surface area contributed by atoms with Crippen LogP contribution in [0.2, 0.25) is 0 Å². The van der Waals surface area contributed by atoms with Gasteiger partial charge in [-0.25, -0.2) is 0 Å². The predicted octanol–water partition coefficient (Wildman–Crippen LogP) is 1.98. The number of nitrogens with two attached hydrogens (primary N) is 1. The summed E-state index contributed by atoms with van der Waals surface area (Å²) in [5, 5.41) is 2.82. The van der Waals surface area contributed by atoms with Gasteiger partial charge in [-0.2, -0.15) is 0 Å². The van der Waals surface area contributed by atoms with Crippen molar-refractivity contribution >= 4 is 11.6 Å². The van der Waals surface area contributed by atoms with Crippen LogP contribution in [-0.4, -0.2) is 16.9 Å². The molecule has 0 spiro atoms. The average Bonchev–Trinajstić information content (AvgIpc) is 2.40. The molecule has 0 saturated carbocycles. The number of anilines is 1. The van der Waals surface area contributed by atoms with Gasteiger partial charge in [0.15, 0.2) is 0 Å². The molecule has 0 radical (unpaired) electrons. The Balaban J connectivity index is 1.82. The minimum atomic E-state index is -0.224. The Bertz CT molecular complexity index is 513. The van der Waals surface area contributed by atoms with E-state index in [1.54, 1.807) is 6.20 Å². The van der Waals surface area contributed by atoms with Crippen molar-refractivity contribution in [3.8, 4) is 0 Å². The van der Waals surface area contributed by atoms with E-state index in [0.29, 0.717) is 6.42 Å². The van der Waals surface area contributed by atoms with Crippen LogP contribution in [0.5, 0.6) is 0 Å². The van der Waals surface area contributed by atoms with Crippen molar-refractivity contribution in [2.24, 2.45) is 5.73 Å². The summed E-state index contributed by atoms with van der Waals surface area (Å²) in [6.45, 7) is 0. The minimum absolute atomic E-state index is 0.0744. The lowest BCUT2D eigenvalue weighted by Crippen LogP contribution is -2.29. The Labute approximate surface area is 112 Å². The van der Waals surface area contributed by atoms with Gasteiger partial charge >= 0.3 is 0 Å². The molecule has 4 nitrogen and oxygen atoms in total. The van der Waals surface area contributed by atoms with Gasteiger partial charge in [-0.05, 0) is 24.3 Å². The number of pyridine rings is 1. The highest BCUT2D eigenvalue weighted by Gasteiger charge is 2.10. The van der Waals surface area contributed by atoms with Crippen LogP contribution in [-0.2, 0) is 11.2 Å². The van der Waals surface area contributed by atoms with Crippen molar-refractivity contribution < 1.29 is 4.79 Å². The lowest BCUT2D eigenvalue weighted by molar-refractivity contribution is -0.116. The fraction of sp³-hybridized carbons (Fsp3) is 0.200. The topological polar surface area (TPSA) is 68.0 Å². The fourth-order valence-corrected chi connectivity index (χ4v) is 1.83. The standard InChI is InChI=1S/C15H17N3O/c16-12(10-14-8-4-5-9-17-14)11-15(19)18-13-6-2-1-3-7-13/h1-9,12H,10-11,16H2,(H,18,19). The summed E-state index contributed by atoms with van der Waals surface area (Å²) in [6, 6.07) is 14.8. The molecular weight excluding hydrogens is 238 g/mol. The molecule has 0 fully saturated rings. The van der Waals surface area contributed by atoms with Gasteiger partial charge in [0.05, 0.1) is 0 Å². The molecule has 0 aliphatic heterocycles. The first kappa shape index (κ1) is 13.2. The second-order valence-electron chi connectivity index (χ2n) is 4.40. The third kappa shape index (κ3) is 4.52. The maximum atomic E-state index is 11.8. The molecule has 0 bridgehead atoms. The third-order valence-corrected chi connectivity index (χ3v) is 2.70. The van der Waals surface area contributed by atoms with Gasteiger partial charge in [-0.15, -0.1) is 0 Å². The molecule has 1 amide bonds. The zero-order valence-corrected chi connectivity index (χ0v) is 10.6. The Morgan fingerprint density at radius 2 is 1.89 bits per heavy atom. The zero-order valence-electron chi connectivity index (χ0n) is 10.6. The Hall–Kier alpha value is -2.20. The van der Waals surface area contributed by atoms with E-state index in [1.807, 2.05) is 48.5 Å². The summed E-state index contributed by atoms with van der Waals surface area (Å²) in [4.78, 5) is 16.0. The molecule has 0 aliphatic rings. The molecular formula is C15H17N3O. The molecule has 1 aromatic heterocycles. The minimum Gasteiger partial charge on any atom is -0.327 e. The van der Waals surface area contributed by atoms with Crippen LogP contribution in [0.4, 0.5) is 5.69 Å². The lowest BCUT2D eigenvalue weighted by Gasteiger charge is -2.11. The van der Waals surface area contributed by atoms with Crippen molar-refractivity contribution in [1.82, 2.24) is 4.98 Å². The third-order valence-electron chi connectivity index (χ3n) is 2.70. The maximum Gasteiger partial charge on any atom is 0.225 e. The van der Waals surface area contributed by atoms with Gasteiger partial charge in [0.2, 0.25) is 5.91 Å². The van der Waals surface area contributed by atoms with Crippen LogP contribution in [0.15, 0.2) is 54.7 Å². The number of hydrogen-bond acceptors (Lipinski definition) is 3. The second-order valence-corrected chi connectivity index (χ2v) is 4.40. The van der Waals surface area contributed by atoms with Crippen molar-refractivity contribution in [2.75, 3.05) is 5.32 Å². The summed E-state index contributed by atoms with van der Waals surface area (Å²) >= 11 is 0. The highest BCUT2D eigenvalue weighted by Crippen LogP contribution is 2.07. The molecule has 4 heteroatoms. The number of amides is 1. The smallest absolute Gasteiger partial charge is 0.225 e. The number of aromatic nitrogens is 1. The summed E-state index contributed by atoms with van der Waals surface area (Å²) in [6.07, 6.45) is 2.61. The molecule has 1 aromatic carbocycles. The first-order valence-corrected chi connectivity index (χ1v) is 6.24. The fourth-order valence-electron chi connectivity index (χ4n) is 1.83. The number of benzene rings is 1. The van der Waals surface area contributed by atoms with E-state index in [2.05, 4.69) is 10.3 Å². The van der Waals surface area contributed by atoms with Crippen molar-refractivity contribution in [3.63, 3.8) is 0 Å². The van der Waals surface area contributed by atoms with Crippen LogP contribution in [0.1, 0.15) is 12.1 Å². The number of carbonyl (C=O) groups excluding carboxylic acids is 1. The zero-order chi connectivity index (χ0) is 13.5. The summed E-state index contributed by atoms with van der Waals surface area (Å²) in [7, 11) is 0. The van der Waals surface area contributed by atoms with Gasteiger partial charge in [-0.3, -0.25) is 9.78 Å². The highest BCUT2D eigenvalue weighted by molar-refractivity contribution is 5.91. The molecule has 1 atom stereocenters. The molecule has 98 valence electrons. The average molecular weight is 255 g/mol. The van der Waals surface area contributed by atoms with E-state index >= 15 is 0 Å². The van der Waals surface area contributed by atoms with Crippen LogP contribution in [0, 0.1) is 0 Å². The van der Waals surface area contributed by atoms with E-state index in [1.165, 1.54) is 0 Å². The predicted molar refractivity (Wildman–Crippen MR) is 75.6 cm³/mol. The molecule has 2 aromatic rings. The molecule has 1 unspecified atom stereocenters. The highest BCUT2D eigenvalue weighted by atomic mass is 16.1. The SMILES string of the molecule is NC(CC(=O)Nc1ccccc1)Cc1ccccn1. The van der Waals surface area contributed by atoms with E-state index in [9.17, 15) is 4.79 Å². The number of rotatable bonds is 5. The Kier molecular flexibility index (Phi) is 4.64. The Morgan fingerprint density at radius 3 is 2.58 bits per heavy atom. The van der Waals surface area contributed by atoms with E-state index in [4.69, 9.17) is 5.73 Å². The maximum absolute atomic E-state index is 11.8. The summed E-state index contributed by atoms with van der Waals surface area (Å²) in [5.41, 5.74) is 7.65. The number of nitrogens with zero attached hydrogens (tertiary/aromatic N) is 1. The van der Waals surface area contributed by atoms with E-state index < -0.39 is 0 Å². The first-order chi connectivity index (χ1) is 9.24. The van der Waals surface area contributed by atoms with Gasteiger partial charge in [-0.1, -0.05) is 24.3 Å². The number of para-hydroxylation sites is 1. The van der Waals surface area contributed by atoms with Crippen LogP contribution in [0.3, 0.4) is 0 Å². The summed E-state index contributed by atoms with van der Waals surface area (Å²) in [5.74, 6) is -0.0744. The quantitative estimate of drug-likeness (QED) is 0.858. The van der Waals surface area contributed by atoms with Crippen molar-refractivity contribution in [3.05, 3.63) is 60.4 Å². The molecule has 0 aliphatic carbocycles. The number of carbonyl (C=O) groups is 1. The molecule has 19 heavy (non-hydrogen) atoms.